The standard InChI is InChI=1S/C81H142O17P2/c1-5-9-13-17-21-25-29-33-35-36-37-38-40-43-46-50-54-58-62-66-79(84)92-72-77(98-81(86)68-64-60-56-52-48-44-39-34-30-26-22-18-14-10-6-2)74-96-100(89,90)94-70-75(82)69-93-99(87,88)95-73-76(97-80(85)67-63-59-55-51-47-42-32-28-24-20-16-12-8-4)71-91-78(83)65-61-57-53-49-45-41-31-27-23-19-15-11-7-3/h21,25-28,30-33,35,37-38,43,46,54,58,75-77,82H,5-20,22-24,29,34,36,39-42,44-45,47-53,55-57,59-74H2,1-4H3,(H,87,88)(H,89,90)/b25-21-,30-26-,31-27-,32-28-,35-33-,38-37-,46-43-,58-54-/t75-,76+,77+/m0/s1. The van der Waals surface area contributed by atoms with Gasteiger partial charge in [-0.1, -0.05) is 266 Å². The first kappa shape index (κ1) is 96.0. The molecular formula is C81H142O17P2. The lowest BCUT2D eigenvalue weighted by atomic mass is 10.1. The molecule has 0 aromatic carbocycles. The van der Waals surface area contributed by atoms with Crippen molar-refractivity contribution in [2.45, 2.75) is 354 Å². The predicted octanol–water partition coefficient (Wildman–Crippen LogP) is 22.8. The molecule has 5 atom stereocenters. The summed E-state index contributed by atoms with van der Waals surface area (Å²) in [5.74, 6) is -2.28. The molecule has 3 N–H and O–H groups in total. The second-order valence-corrected chi connectivity index (χ2v) is 29.2. The molecule has 17 nitrogen and oxygen atoms in total. The van der Waals surface area contributed by atoms with E-state index < -0.39 is 97.5 Å². The van der Waals surface area contributed by atoms with E-state index in [4.69, 9.17) is 37.0 Å². The number of phosphoric acid groups is 2. The Morgan fingerprint density at radius 2 is 0.510 bits per heavy atom. The molecule has 19 heteroatoms. The van der Waals surface area contributed by atoms with Crippen LogP contribution in [0.3, 0.4) is 0 Å². The van der Waals surface area contributed by atoms with Gasteiger partial charge in [0.25, 0.3) is 0 Å². The molecule has 0 fully saturated rings. The summed E-state index contributed by atoms with van der Waals surface area (Å²) < 4.78 is 68.4. The van der Waals surface area contributed by atoms with Crippen molar-refractivity contribution in [3.8, 4) is 0 Å². The van der Waals surface area contributed by atoms with Gasteiger partial charge >= 0.3 is 39.5 Å². The van der Waals surface area contributed by atoms with E-state index in [0.29, 0.717) is 32.1 Å². The highest BCUT2D eigenvalue weighted by molar-refractivity contribution is 7.47. The minimum Gasteiger partial charge on any atom is -0.462 e. The molecule has 0 aliphatic carbocycles. The highest BCUT2D eigenvalue weighted by atomic mass is 31.2. The second kappa shape index (κ2) is 73.3. The van der Waals surface area contributed by atoms with E-state index in [0.717, 1.165) is 154 Å². The molecule has 100 heavy (non-hydrogen) atoms. The van der Waals surface area contributed by atoms with Crippen LogP contribution in [0, 0.1) is 0 Å². The molecule has 0 amide bonds. The summed E-state index contributed by atoms with van der Waals surface area (Å²) in [6.07, 6.45) is 76.9. The first-order valence-electron chi connectivity index (χ1n) is 39.5. The second-order valence-electron chi connectivity index (χ2n) is 26.3. The fraction of sp³-hybridized carbons (Fsp3) is 0.753. The van der Waals surface area contributed by atoms with Gasteiger partial charge in [0.1, 0.15) is 19.3 Å². The Morgan fingerprint density at radius 3 is 0.840 bits per heavy atom. The lowest BCUT2D eigenvalue weighted by Gasteiger charge is -2.21. The number of carbonyl (C=O) groups is 4. The van der Waals surface area contributed by atoms with E-state index in [1.165, 1.54) is 96.3 Å². The van der Waals surface area contributed by atoms with Crippen molar-refractivity contribution in [3.63, 3.8) is 0 Å². The topological polar surface area (TPSA) is 237 Å². The van der Waals surface area contributed by atoms with E-state index in [2.05, 4.69) is 113 Å². The Morgan fingerprint density at radius 1 is 0.280 bits per heavy atom. The highest BCUT2D eigenvalue weighted by Crippen LogP contribution is 2.45. The monoisotopic (exact) mass is 1450 g/mol. The van der Waals surface area contributed by atoms with Gasteiger partial charge in [0.15, 0.2) is 12.2 Å². The SMILES string of the molecule is CCCCC/C=C\C/C=C\C/C=C\C/C=C\C/C=C\CCC(=O)OC[C@H](COP(=O)(O)OC[C@@H](O)COP(=O)(O)OC[C@@H](COC(=O)CCCCCCC/C=C\CCCCCC)OC(=O)CCCCCCC/C=C\CCCCCC)OC(=O)CCCCCCCCC/C=C\CCCCCC. The smallest absolute Gasteiger partial charge is 0.462 e. The molecule has 0 saturated carbocycles. The fourth-order valence-corrected chi connectivity index (χ4v) is 12.0. The van der Waals surface area contributed by atoms with Gasteiger partial charge in [0, 0.05) is 25.7 Å². The molecule has 0 radical (unpaired) electrons. The van der Waals surface area contributed by atoms with Crippen LogP contribution >= 0.6 is 15.6 Å². The average Bonchev–Trinajstić information content (AvgIpc) is 0.946. The molecule has 2 unspecified atom stereocenters. The lowest BCUT2D eigenvalue weighted by molar-refractivity contribution is -0.161. The van der Waals surface area contributed by atoms with E-state index >= 15 is 0 Å². The van der Waals surface area contributed by atoms with Crippen molar-refractivity contribution in [2.75, 3.05) is 39.6 Å². The quantitative estimate of drug-likeness (QED) is 0.0169. The Balaban J connectivity index is 5.41. The van der Waals surface area contributed by atoms with E-state index in [-0.39, 0.29) is 25.7 Å². The van der Waals surface area contributed by atoms with Crippen LogP contribution in [0.25, 0.3) is 0 Å². The summed E-state index contributed by atoms with van der Waals surface area (Å²) in [5.41, 5.74) is 0. The number of allylic oxidation sites excluding steroid dienone is 16. The molecule has 0 aliphatic rings. The minimum atomic E-state index is -4.99. The van der Waals surface area contributed by atoms with Crippen LogP contribution in [0.4, 0.5) is 0 Å². The van der Waals surface area contributed by atoms with Gasteiger partial charge < -0.3 is 33.8 Å². The lowest BCUT2D eigenvalue weighted by Crippen LogP contribution is -2.30. The number of rotatable bonds is 74. The van der Waals surface area contributed by atoms with Crippen LogP contribution in [0.15, 0.2) is 97.2 Å². The minimum absolute atomic E-state index is 0.0376. The third kappa shape index (κ3) is 72.3. The highest BCUT2D eigenvalue weighted by Gasteiger charge is 2.30. The summed E-state index contributed by atoms with van der Waals surface area (Å²) in [5, 5.41) is 10.6. The van der Waals surface area contributed by atoms with Crippen LogP contribution in [0.2, 0.25) is 0 Å². The van der Waals surface area contributed by atoms with Crippen LogP contribution in [-0.4, -0.2) is 96.7 Å². The van der Waals surface area contributed by atoms with Gasteiger partial charge in [-0.15, -0.1) is 0 Å². The summed E-state index contributed by atoms with van der Waals surface area (Å²) >= 11 is 0. The normalized spacial score (nSPS) is 14.4. The number of hydrogen-bond donors (Lipinski definition) is 3. The van der Waals surface area contributed by atoms with Crippen molar-refractivity contribution >= 4 is 39.5 Å². The van der Waals surface area contributed by atoms with Crippen LogP contribution in [0.5, 0.6) is 0 Å². The van der Waals surface area contributed by atoms with Crippen LogP contribution in [-0.2, 0) is 65.4 Å². The number of hydrogen-bond acceptors (Lipinski definition) is 15. The maximum absolute atomic E-state index is 13.1. The molecule has 0 aromatic heterocycles. The van der Waals surface area contributed by atoms with Crippen molar-refractivity contribution in [1.82, 2.24) is 0 Å². The number of aliphatic hydroxyl groups is 1. The van der Waals surface area contributed by atoms with Gasteiger partial charge in [-0.05, 0) is 141 Å². The first-order chi connectivity index (χ1) is 48.7. The number of esters is 4. The average molecular weight is 1450 g/mol. The predicted molar refractivity (Wildman–Crippen MR) is 409 cm³/mol. The van der Waals surface area contributed by atoms with Gasteiger partial charge in [-0.3, -0.25) is 37.3 Å². The maximum atomic E-state index is 13.1. The Bertz CT molecular complexity index is 2270. The molecule has 0 aromatic rings. The maximum Gasteiger partial charge on any atom is 0.472 e. The zero-order chi connectivity index (χ0) is 73.2. The van der Waals surface area contributed by atoms with Gasteiger partial charge in [-0.2, -0.15) is 0 Å². The summed E-state index contributed by atoms with van der Waals surface area (Å²) in [4.78, 5) is 72.9. The van der Waals surface area contributed by atoms with Crippen LogP contribution < -0.4 is 0 Å². The molecule has 0 aliphatic heterocycles. The number of ether oxygens (including phenoxy) is 4. The Hall–Kier alpha value is -4.02. The molecule has 0 bridgehead atoms. The number of phosphoric ester groups is 2. The van der Waals surface area contributed by atoms with Gasteiger partial charge in [0.05, 0.1) is 26.4 Å². The zero-order valence-electron chi connectivity index (χ0n) is 63.1. The van der Waals surface area contributed by atoms with Gasteiger partial charge in [0.2, 0.25) is 0 Å². The molecule has 0 spiro atoms. The van der Waals surface area contributed by atoms with Crippen molar-refractivity contribution in [1.29, 1.82) is 0 Å². The zero-order valence-corrected chi connectivity index (χ0v) is 64.9. The summed E-state index contributed by atoms with van der Waals surface area (Å²) in [6.45, 7) is 4.72. The number of carbonyl (C=O) groups excluding carboxylic acids is 4. The van der Waals surface area contributed by atoms with Crippen molar-refractivity contribution in [2.24, 2.45) is 0 Å². The van der Waals surface area contributed by atoms with E-state index in [1.807, 2.05) is 12.2 Å². The first-order valence-corrected chi connectivity index (χ1v) is 42.5. The van der Waals surface area contributed by atoms with Gasteiger partial charge in [-0.25, -0.2) is 9.13 Å². The molecule has 578 valence electrons. The summed E-state index contributed by atoms with van der Waals surface area (Å²) in [7, 11) is -9.97. The molecular weight excluding hydrogens is 1310 g/mol. The van der Waals surface area contributed by atoms with Crippen molar-refractivity contribution in [3.05, 3.63) is 97.2 Å². The molecule has 0 rings (SSSR count). The Kier molecular flexibility index (Phi) is 70.4. The Labute approximate surface area is 607 Å². The number of aliphatic hydroxyl groups excluding tert-OH is 1. The third-order valence-corrected chi connectivity index (χ3v) is 18.4. The molecule has 0 saturated heterocycles. The third-order valence-electron chi connectivity index (χ3n) is 16.5. The fourth-order valence-electron chi connectivity index (χ4n) is 10.4. The van der Waals surface area contributed by atoms with Crippen molar-refractivity contribution < 1.29 is 80.2 Å². The summed E-state index contributed by atoms with van der Waals surface area (Å²) in [6, 6.07) is 0. The van der Waals surface area contributed by atoms with Crippen LogP contribution in [0.1, 0.15) is 336 Å². The van der Waals surface area contributed by atoms with E-state index in [1.54, 1.807) is 0 Å². The largest absolute Gasteiger partial charge is 0.472 e. The molecule has 0 heterocycles. The van der Waals surface area contributed by atoms with E-state index in [9.17, 15) is 43.2 Å². The number of unbranched alkanes of at least 4 members (excludes halogenated alkanes) is 32.